The van der Waals surface area contributed by atoms with Crippen LogP contribution in [0.2, 0.25) is 0 Å². The minimum atomic E-state index is -0.514. The lowest BCUT2D eigenvalue weighted by molar-refractivity contribution is -0.122. The molecule has 1 aromatic rings. The standard InChI is InChI=1S/C20H27FN2O3.CH2O2/c1-26-19-5-4-13(8-16(19)21)20(25)23-11-14-9-17(22-6-2-3-7-22)18(24)10-15(14)12-23;2-1-3/h4-5,8,14-15,17-18,24H,2-3,6-7,9-12H2,1H3;1H,(H,2,3)/t14-,15+,17-,18-;/m1./s1. The summed E-state index contributed by atoms with van der Waals surface area (Å²) in [5, 5.41) is 17.5. The summed E-state index contributed by atoms with van der Waals surface area (Å²) in [6, 6.07) is 4.60. The second-order valence-electron chi connectivity index (χ2n) is 8.03. The highest BCUT2D eigenvalue weighted by atomic mass is 19.1. The molecule has 0 spiro atoms. The predicted molar refractivity (Wildman–Crippen MR) is 104 cm³/mol. The van der Waals surface area contributed by atoms with Crippen LogP contribution in [0.5, 0.6) is 5.75 Å². The summed E-state index contributed by atoms with van der Waals surface area (Å²) in [6.45, 7) is 3.26. The number of carboxylic acid groups (broad SMARTS) is 1. The minimum Gasteiger partial charge on any atom is -0.494 e. The molecule has 3 aliphatic rings. The van der Waals surface area contributed by atoms with E-state index >= 15 is 0 Å². The van der Waals surface area contributed by atoms with Gasteiger partial charge in [-0.1, -0.05) is 0 Å². The zero-order valence-electron chi connectivity index (χ0n) is 16.7. The second kappa shape index (κ2) is 9.54. The molecule has 1 saturated carbocycles. The van der Waals surface area contributed by atoms with Crippen molar-refractivity contribution in [2.45, 2.75) is 37.8 Å². The van der Waals surface area contributed by atoms with E-state index in [2.05, 4.69) is 4.90 Å². The Morgan fingerprint density at radius 2 is 1.83 bits per heavy atom. The van der Waals surface area contributed by atoms with Crippen LogP contribution in [0.4, 0.5) is 4.39 Å². The van der Waals surface area contributed by atoms with Crippen LogP contribution in [0.3, 0.4) is 0 Å². The van der Waals surface area contributed by atoms with Gasteiger partial charge in [0.25, 0.3) is 12.4 Å². The van der Waals surface area contributed by atoms with Gasteiger partial charge in [-0.05, 0) is 68.8 Å². The number of fused-ring (bicyclic) bond motifs is 1. The van der Waals surface area contributed by atoms with Gasteiger partial charge in [-0.15, -0.1) is 0 Å². The van der Waals surface area contributed by atoms with Crippen LogP contribution in [-0.4, -0.2) is 77.8 Å². The van der Waals surface area contributed by atoms with Gasteiger partial charge < -0.3 is 19.8 Å². The van der Waals surface area contributed by atoms with Crippen molar-refractivity contribution in [2.24, 2.45) is 11.8 Å². The summed E-state index contributed by atoms with van der Waals surface area (Å²) >= 11 is 0. The first-order chi connectivity index (χ1) is 14.0. The number of hydrogen-bond acceptors (Lipinski definition) is 5. The number of rotatable bonds is 3. The first-order valence-electron chi connectivity index (χ1n) is 10.1. The topological polar surface area (TPSA) is 90.3 Å². The molecule has 2 N–H and O–H groups in total. The molecule has 1 aromatic carbocycles. The molecule has 8 heteroatoms. The Hall–Kier alpha value is -2.19. The summed E-state index contributed by atoms with van der Waals surface area (Å²) in [5.41, 5.74) is 0.360. The van der Waals surface area contributed by atoms with Crippen molar-refractivity contribution in [1.29, 1.82) is 0 Å². The smallest absolute Gasteiger partial charge is 0.290 e. The fourth-order valence-corrected chi connectivity index (χ4v) is 5.02. The van der Waals surface area contributed by atoms with Gasteiger partial charge in [0.05, 0.1) is 13.2 Å². The van der Waals surface area contributed by atoms with Crippen molar-refractivity contribution in [3.8, 4) is 5.75 Å². The molecule has 0 aromatic heterocycles. The van der Waals surface area contributed by atoms with Gasteiger partial charge in [-0.25, -0.2) is 4.39 Å². The highest BCUT2D eigenvalue weighted by Crippen LogP contribution is 2.39. The van der Waals surface area contributed by atoms with Gasteiger partial charge >= 0.3 is 0 Å². The van der Waals surface area contributed by atoms with E-state index in [1.54, 1.807) is 6.07 Å². The third-order valence-electron chi connectivity index (χ3n) is 6.40. The number of carbonyl (C=O) groups excluding carboxylic acids is 1. The molecule has 4 atom stereocenters. The van der Waals surface area contributed by atoms with Crippen molar-refractivity contribution < 1.29 is 28.9 Å². The molecular weight excluding hydrogens is 379 g/mol. The maximum atomic E-state index is 13.9. The van der Waals surface area contributed by atoms with Crippen LogP contribution in [0.15, 0.2) is 18.2 Å². The van der Waals surface area contributed by atoms with E-state index in [9.17, 15) is 14.3 Å². The molecule has 2 heterocycles. The number of hydrogen-bond donors (Lipinski definition) is 2. The lowest BCUT2D eigenvalue weighted by Crippen LogP contribution is -2.48. The monoisotopic (exact) mass is 408 g/mol. The maximum Gasteiger partial charge on any atom is 0.290 e. The summed E-state index contributed by atoms with van der Waals surface area (Å²) in [6.07, 6.45) is 3.83. The normalized spacial score (nSPS) is 29.0. The van der Waals surface area contributed by atoms with Crippen molar-refractivity contribution in [2.75, 3.05) is 33.3 Å². The highest BCUT2D eigenvalue weighted by Gasteiger charge is 2.45. The Bertz CT molecular complexity index is 725. The Labute approximate surface area is 170 Å². The molecule has 0 unspecified atom stereocenters. The fourth-order valence-electron chi connectivity index (χ4n) is 5.02. The molecule has 3 fully saturated rings. The quantitative estimate of drug-likeness (QED) is 0.742. The maximum absolute atomic E-state index is 13.9. The zero-order valence-corrected chi connectivity index (χ0v) is 16.7. The number of nitrogens with zero attached hydrogens (tertiary/aromatic N) is 2. The van der Waals surface area contributed by atoms with Gasteiger partial charge in [0.15, 0.2) is 11.6 Å². The molecule has 0 bridgehead atoms. The number of amides is 1. The van der Waals surface area contributed by atoms with Crippen LogP contribution in [0.1, 0.15) is 36.0 Å². The Morgan fingerprint density at radius 3 is 2.41 bits per heavy atom. The number of carbonyl (C=O) groups is 2. The molecule has 160 valence electrons. The summed E-state index contributed by atoms with van der Waals surface area (Å²) in [5.74, 6) is 0.271. The van der Waals surface area contributed by atoms with Crippen LogP contribution >= 0.6 is 0 Å². The van der Waals surface area contributed by atoms with Crippen LogP contribution in [0.25, 0.3) is 0 Å². The fraction of sp³-hybridized carbons (Fsp3) is 0.619. The third-order valence-corrected chi connectivity index (χ3v) is 6.40. The zero-order chi connectivity index (χ0) is 21.0. The van der Waals surface area contributed by atoms with E-state index in [1.165, 1.54) is 32.1 Å². The van der Waals surface area contributed by atoms with E-state index in [4.69, 9.17) is 14.6 Å². The van der Waals surface area contributed by atoms with Crippen molar-refractivity contribution in [3.63, 3.8) is 0 Å². The van der Waals surface area contributed by atoms with Gasteiger partial charge in [-0.3, -0.25) is 14.5 Å². The van der Waals surface area contributed by atoms with Crippen molar-refractivity contribution in [1.82, 2.24) is 9.80 Å². The SMILES string of the molecule is COc1ccc(C(=O)N2C[C@H]3C[C@@H](N4CCCC4)[C@H](O)C[C@H]3C2)cc1F.O=CO. The molecule has 0 radical (unpaired) electrons. The lowest BCUT2D eigenvalue weighted by Gasteiger charge is -2.40. The number of ether oxygens (including phenoxy) is 1. The second-order valence-corrected chi connectivity index (χ2v) is 8.03. The van der Waals surface area contributed by atoms with Crippen LogP contribution in [-0.2, 0) is 4.79 Å². The van der Waals surface area contributed by atoms with Crippen LogP contribution < -0.4 is 4.74 Å². The predicted octanol–water partition coefficient (Wildman–Crippen LogP) is 1.84. The molecule has 1 amide bonds. The Kier molecular flexibility index (Phi) is 7.08. The van der Waals surface area contributed by atoms with E-state index in [-0.39, 0.29) is 30.3 Å². The number of halogens is 1. The van der Waals surface area contributed by atoms with Gasteiger partial charge in [0.1, 0.15) is 0 Å². The minimum absolute atomic E-state index is 0.131. The number of benzene rings is 1. The molecule has 2 saturated heterocycles. The molecule has 1 aliphatic carbocycles. The van der Waals surface area contributed by atoms with E-state index < -0.39 is 5.82 Å². The van der Waals surface area contributed by atoms with Crippen molar-refractivity contribution >= 4 is 12.4 Å². The highest BCUT2D eigenvalue weighted by molar-refractivity contribution is 5.94. The van der Waals surface area contributed by atoms with Crippen molar-refractivity contribution in [3.05, 3.63) is 29.6 Å². The molecular formula is C21H29FN2O5. The molecule has 29 heavy (non-hydrogen) atoms. The summed E-state index contributed by atoms with van der Waals surface area (Å²) < 4.78 is 18.9. The average Bonchev–Trinajstić information content (AvgIpc) is 3.36. The number of likely N-dealkylation sites (tertiary alicyclic amines) is 2. The van der Waals surface area contributed by atoms with E-state index in [1.807, 2.05) is 4.90 Å². The first kappa shape index (κ1) is 21.5. The molecule has 4 rings (SSSR count). The summed E-state index contributed by atoms with van der Waals surface area (Å²) in [4.78, 5) is 25.4. The van der Waals surface area contributed by atoms with Crippen LogP contribution in [0, 0.1) is 17.7 Å². The van der Waals surface area contributed by atoms with E-state index in [0.717, 1.165) is 25.9 Å². The average molecular weight is 408 g/mol. The molecule has 7 nitrogen and oxygen atoms in total. The van der Waals surface area contributed by atoms with Gasteiger partial charge in [-0.2, -0.15) is 0 Å². The summed E-state index contributed by atoms with van der Waals surface area (Å²) in [7, 11) is 1.41. The van der Waals surface area contributed by atoms with E-state index in [0.29, 0.717) is 30.5 Å². The Morgan fingerprint density at radius 1 is 1.21 bits per heavy atom. The number of methoxy groups -OCH3 is 1. The third kappa shape index (κ3) is 4.70. The first-order valence-corrected chi connectivity index (χ1v) is 10.1. The number of aliphatic hydroxyl groups is 1. The van der Waals surface area contributed by atoms with Gasteiger partial charge in [0.2, 0.25) is 0 Å². The largest absolute Gasteiger partial charge is 0.494 e. The molecule has 2 aliphatic heterocycles. The lowest BCUT2D eigenvalue weighted by atomic mass is 9.77. The number of aliphatic hydroxyl groups excluding tert-OH is 1. The Balaban J connectivity index is 0.000000755. The van der Waals surface area contributed by atoms with Gasteiger partial charge in [0, 0.05) is 24.7 Å².